The van der Waals surface area contributed by atoms with E-state index in [0.29, 0.717) is 0 Å². The third-order valence-corrected chi connectivity index (χ3v) is 0.302. The maximum Gasteiger partial charge on any atom is 0.303 e. The van der Waals surface area contributed by atoms with Gasteiger partial charge in [0.05, 0.1) is 0 Å². The number of hydrogen-bond acceptors (Lipinski definition) is 3. The predicted octanol–water partition coefficient (Wildman–Crippen LogP) is 1.34. The quantitative estimate of drug-likeness (QED) is 0.640. The Hall–Kier alpha value is -1.10. The average Bonchev–Trinajstić information content (AvgIpc) is 1.84. The first-order valence-corrected chi connectivity index (χ1v) is 3.69. The first-order valence-electron chi connectivity index (χ1n) is 3.31. The van der Waals surface area contributed by atoms with Crippen LogP contribution in [0.2, 0.25) is 0 Å². The van der Waals surface area contributed by atoms with Crippen LogP contribution in [0.3, 0.4) is 0 Å². The van der Waals surface area contributed by atoms with Crippen LogP contribution in [0.25, 0.3) is 0 Å². The van der Waals surface area contributed by atoms with Crippen molar-refractivity contribution in [1.29, 1.82) is 0 Å². The van der Waals surface area contributed by atoms with Crippen LogP contribution in [-0.4, -0.2) is 27.4 Å². The second-order valence-electron chi connectivity index (χ2n) is 1.74. The molecule has 13 heavy (non-hydrogen) atoms. The molecular weight excluding hydrogens is 200 g/mol. The van der Waals surface area contributed by atoms with Crippen molar-refractivity contribution in [1.82, 2.24) is 0 Å². The summed E-state index contributed by atoms with van der Waals surface area (Å²) in [4.78, 5) is 27.6. The maximum absolute atomic E-state index is 9.37. The van der Waals surface area contributed by atoms with Crippen molar-refractivity contribution in [3.63, 3.8) is 0 Å². The van der Waals surface area contributed by atoms with Gasteiger partial charge in [0.15, 0.2) is 0 Å². The molecule has 0 aliphatic carbocycles. The van der Waals surface area contributed by atoms with Gasteiger partial charge in [-0.25, -0.2) is 0 Å². The first kappa shape index (κ1) is 17.8. The molecule has 0 amide bonds. The van der Waals surface area contributed by atoms with Gasteiger partial charge in [-0.15, -0.1) is 0 Å². The zero-order valence-corrected chi connectivity index (χ0v) is 8.46. The number of carboxylic acids is 2. The Morgan fingerprint density at radius 3 is 1.23 bits per heavy atom. The maximum atomic E-state index is 9.37. The minimum absolute atomic E-state index is 0.222. The van der Waals surface area contributed by atoms with Gasteiger partial charge < -0.3 is 10.2 Å². The molecular formula is C7H13ClO5. The molecule has 0 radical (unpaired) electrons. The number of halogens is 1. The third kappa shape index (κ3) is 1070. The van der Waals surface area contributed by atoms with E-state index in [-0.39, 0.29) is 11.7 Å². The first-order chi connectivity index (χ1) is 5.73. The third-order valence-electron chi connectivity index (χ3n) is 0.302. The Kier molecular flexibility index (Phi) is 18.5. The van der Waals surface area contributed by atoms with E-state index in [1.807, 2.05) is 0 Å². The summed E-state index contributed by atoms with van der Waals surface area (Å²) in [7, 11) is 0. The summed E-state index contributed by atoms with van der Waals surface area (Å²) in [5.74, 6) is -1.58. The Labute approximate surface area is 81.3 Å². The molecule has 6 heteroatoms. The van der Waals surface area contributed by atoms with E-state index in [1.165, 1.54) is 6.92 Å². The molecule has 0 unspecified atom stereocenters. The molecule has 0 aliphatic rings. The second kappa shape index (κ2) is 13.5. The molecule has 0 spiro atoms. The Balaban J connectivity index is -0.000000117. The summed E-state index contributed by atoms with van der Waals surface area (Å²) < 4.78 is 0. The van der Waals surface area contributed by atoms with Crippen LogP contribution < -0.4 is 0 Å². The van der Waals surface area contributed by atoms with Gasteiger partial charge in [-0.1, -0.05) is 6.92 Å². The van der Waals surface area contributed by atoms with Gasteiger partial charge in [-0.05, 0) is 11.6 Å². The number of hydrogen-bond donors (Lipinski definition) is 2. The highest BCUT2D eigenvalue weighted by Gasteiger charge is 1.80. The number of carboxylic acid groups (broad SMARTS) is 2. The van der Waals surface area contributed by atoms with Crippen molar-refractivity contribution >= 4 is 28.8 Å². The Morgan fingerprint density at radius 1 is 1.15 bits per heavy atom. The summed E-state index contributed by atoms with van der Waals surface area (Å²) >= 11 is 4.64. The van der Waals surface area contributed by atoms with E-state index < -0.39 is 11.9 Å². The fourth-order valence-corrected chi connectivity index (χ4v) is 0. The fourth-order valence-electron chi connectivity index (χ4n) is 0. The van der Waals surface area contributed by atoms with E-state index in [1.54, 1.807) is 6.92 Å². The van der Waals surface area contributed by atoms with Crippen molar-refractivity contribution in [2.45, 2.75) is 27.2 Å². The summed E-state index contributed by atoms with van der Waals surface area (Å²) in [6.07, 6.45) is 0.222. The van der Waals surface area contributed by atoms with Gasteiger partial charge >= 0.3 is 5.97 Å². The SMILES string of the molecule is CC(=O)Cl.CC(=O)O.CCC(=O)O. The lowest BCUT2D eigenvalue weighted by Crippen LogP contribution is -1.86. The highest BCUT2D eigenvalue weighted by molar-refractivity contribution is 6.62. The summed E-state index contributed by atoms with van der Waals surface area (Å²) in [6, 6.07) is 0. The normalized spacial score (nSPS) is 6.77. The summed E-state index contributed by atoms with van der Waals surface area (Å²) in [6.45, 7) is 3.98. The molecule has 0 aliphatic heterocycles. The molecule has 0 saturated carbocycles. The monoisotopic (exact) mass is 212 g/mol. The number of aliphatic carboxylic acids is 2. The van der Waals surface area contributed by atoms with Gasteiger partial charge in [-0.2, -0.15) is 0 Å². The second-order valence-corrected chi connectivity index (χ2v) is 2.27. The van der Waals surface area contributed by atoms with E-state index in [9.17, 15) is 9.59 Å². The van der Waals surface area contributed by atoms with Crippen LogP contribution in [0.5, 0.6) is 0 Å². The van der Waals surface area contributed by atoms with Crippen LogP contribution in [0.15, 0.2) is 0 Å². The molecule has 0 aromatic carbocycles. The van der Waals surface area contributed by atoms with E-state index in [0.717, 1.165) is 6.92 Å². The van der Waals surface area contributed by atoms with Crippen LogP contribution in [0, 0.1) is 0 Å². The highest BCUT2D eigenvalue weighted by atomic mass is 35.5. The largest absolute Gasteiger partial charge is 0.481 e. The molecule has 2 N–H and O–H groups in total. The molecule has 0 fully saturated rings. The minimum Gasteiger partial charge on any atom is -0.481 e. The standard InChI is InChI=1S/C3H6O2.C2H3ClO.C2H4O2/c1-2-3(4)5;2*1-2(3)4/h2H2,1H3,(H,4,5);1H3;1H3,(H,3,4). The minimum atomic E-state index is -0.833. The average molecular weight is 213 g/mol. The van der Waals surface area contributed by atoms with Crippen molar-refractivity contribution in [2.24, 2.45) is 0 Å². The molecule has 0 atom stereocenters. The van der Waals surface area contributed by atoms with Crippen LogP contribution in [0.1, 0.15) is 27.2 Å². The lowest BCUT2D eigenvalue weighted by molar-refractivity contribution is -0.137. The van der Waals surface area contributed by atoms with Gasteiger partial charge in [-0.3, -0.25) is 14.4 Å². The molecule has 0 heterocycles. The van der Waals surface area contributed by atoms with Crippen LogP contribution in [0.4, 0.5) is 0 Å². The lowest BCUT2D eigenvalue weighted by atomic mass is 10.5. The van der Waals surface area contributed by atoms with E-state index in [2.05, 4.69) is 11.6 Å². The zero-order valence-electron chi connectivity index (χ0n) is 7.70. The van der Waals surface area contributed by atoms with Gasteiger partial charge in [0, 0.05) is 20.3 Å². The summed E-state index contributed by atoms with van der Waals surface area (Å²) in [5.41, 5.74) is 0. The molecule has 0 rings (SSSR count). The molecule has 0 aromatic heterocycles. The van der Waals surface area contributed by atoms with E-state index >= 15 is 0 Å². The number of carbonyl (C=O) groups is 3. The molecule has 5 nitrogen and oxygen atoms in total. The zero-order chi connectivity index (χ0) is 11.4. The Bertz CT molecular complexity index is 146. The molecule has 0 aromatic rings. The Morgan fingerprint density at radius 2 is 1.23 bits per heavy atom. The van der Waals surface area contributed by atoms with Gasteiger partial charge in [0.2, 0.25) is 5.24 Å². The molecule has 0 saturated heterocycles. The summed E-state index contributed by atoms with van der Waals surface area (Å²) in [5, 5.41) is 14.8. The smallest absolute Gasteiger partial charge is 0.303 e. The van der Waals surface area contributed by atoms with Crippen molar-refractivity contribution in [2.75, 3.05) is 0 Å². The number of rotatable bonds is 1. The van der Waals surface area contributed by atoms with Gasteiger partial charge in [0.25, 0.3) is 5.97 Å². The lowest BCUT2D eigenvalue weighted by Gasteiger charge is -1.71. The number of carbonyl (C=O) groups excluding carboxylic acids is 1. The predicted molar refractivity (Wildman–Crippen MR) is 47.8 cm³/mol. The molecule has 0 bridgehead atoms. The van der Waals surface area contributed by atoms with Crippen LogP contribution in [-0.2, 0) is 14.4 Å². The van der Waals surface area contributed by atoms with E-state index in [4.69, 9.17) is 15.0 Å². The van der Waals surface area contributed by atoms with Crippen LogP contribution >= 0.6 is 11.6 Å². The molecule has 78 valence electrons. The highest BCUT2D eigenvalue weighted by Crippen LogP contribution is 1.67. The van der Waals surface area contributed by atoms with Crippen molar-refractivity contribution in [3.05, 3.63) is 0 Å². The van der Waals surface area contributed by atoms with Crippen molar-refractivity contribution < 1.29 is 24.6 Å². The topological polar surface area (TPSA) is 91.7 Å². The van der Waals surface area contributed by atoms with Crippen molar-refractivity contribution in [3.8, 4) is 0 Å². The fraction of sp³-hybridized carbons (Fsp3) is 0.571. The van der Waals surface area contributed by atoms with Gasteiger partial charge in [0.1, 0.15) is 0 Å².